The van der Waals surface area contributed by atoms with Gasteiger partial charge in [-0.25, -0.2) is 0 Å². The van der Waals surface area contributed by atoms with Gasteiger partial charge in [-0.15, -0.1) is 0 Å². The van der Waals surface area contributed by atoms with Crippen LogP contribution in [0.3, 0.4) is 0 Å². The molecule has 2 unspecified atom stereocenters. The van der Waals surface area contributed by atoms with Crippen molar-refractivity contribution in [3.8, 4) is 0 Å². The van der Waals surface area contributed by atoms with Crippen molar-refractivity contribution in [2.75, 3.05) is 6.54 Å². The van der Waals surface area contributed by atoms with Gasteiger partial charge >= 0.3 is 0 Å². The minimum absolute atomic E-state index is 0.309. The van der Waals surface area contributed by atoms with Gasteiger partial charge in [0.05, 0.1) is 5.60 Å². The molecule has 1 aliphatic carbocycles. The van der Waals surface area contributed by atoms with E-state index in [0.717, 1.165) is 12.5 Å². The van der Waals surface area contributed by atoms with Crippen LogP contribution in [0.4, 0.5) is 0 Å². The van der Waals surface area contributed by atoms with E-state index in [1.165, 1.54) is 25.7 Å². The van der Waals surface area contributed by atoms with E-state index in [0.29, 0.717) is 12.0 Å². The maximum absolute atomic E-state index is 10.1. The molecule has 0 aliphatic heterocycles. The summed E-state index contributed by atoms with van der Waals surface area (Å²) in [5.41, 5.74) is -0.572. The predicted octanol–water partition coefficient (Wildman–Crippen LogP) is 2.56. The summed E-state index contributed by atoms with van der Waals surface area (Å²) >= 11 is 0. The summed E-state index contributed by atoms with van der Waals surface area (Å²) in [6.07, 6.45) is 5.30. The van der Waals surface area contributed by atoms with Crippen molar-refractivity contribution in [1.82, 2.24) is 5.32 Å². The van der Waals surface area contributed by atoms with Crippen LogP contribution in [0.2, 0.25) is 0 Å². The fraction of sp³-hybridized carbons (Fsp3) is 1.00. The summed E-state index contributed by atoms with van der Waals surface area (Å²) in [4.78, 5) is 0. The Morgan fingerprint density at radius 3 is 2.40 bits per heavy atom. The van der Waals surface area contributed by atoms with Crippen molar-refractivity contribution in [3.63, 3.8) is 0 Å². The van der Waals surface area contributed by atoms with Crippen molar-refractivity contribution < 1.29 is 5.11 Å². The minimum atomic E-state index is -0.572. The molecule has 1 fully saturated rings. The molecule has 2 nitrogen and oxygen atoms in total. The first-order valence-electron chi connectivity index (χ1n) is 6.41. The molecular formula is C13H27NO. The summed E-state index contributed by atoms with van der Waals surface area (Å²) in [6, 6.07) is 0.600. The Bertz CT molecular complexity index is 185. The van der Waals surface area contributed by atoms with Crippen molar-refractivity contribution in [3.05, 3.63) is 0 Å². The Kier molecular flexibility index (Phi) is 4.60. The molecule has 2 heteroatoms. The average Bonchev–Trinajstić information content (AvgIpc) is 2.95. The second-order valence-electron chi connectivity index (χ2n) is 5.68. The van der Waals surface area contributed by atoms with Gasteiger partial charge in [0, 0.05) is 12.6 Å². The predicted molar refractivity (Wildman–Crippen MR) is 64.9 cm³/mol. The van der Waals surface area contributed by atoms with Crippen molar-refractivity contribution >= 4 is 0 Å². The molecule has 0 aromatic heterocycles. The highest BCUT2D eigenvalue weighted by molar-refractivity contribution is 4.84. The first-order chi connectivity index (χ1) is 6.95. The maximum Gasteiger partial charge on any atom is 0.0766 e. The molecule has 0 heterocycles. The molecule has 1 rings (SSSR count). The van der Waals surface area contributed by atoms with Crippen LogP contribution in [0.25, 0.3) is 0 Å². The van der Waals surface area contributed by atoms with E-state index in [4.69, 9.17) is 0 Å². The lowest BCUT2D eigenvalue weighted by atomic mass is 9.92. The van der Waals surface area contributed by atoms with Gasteiger partial charge in [-0.2, -0.15) is 0 Å². The molecule has 2 N–H and O–H groups in total. The number of hydrogen-bond acceptors (Lipinski definition) is 2. The largest absolute Gasteiger partial charge is 0.389 e. The molecule has 15 heavy (non-hydrogen) atoms. The van der Waals surface area contributed by atoms with Gasteiger partial charge in [-0.3, -0.25) is 0 Å². The molecule has 0 spiro atoms. The van der Waals surface area contributed by atoms with Gasteiger partial charge < -0.3 is 10.4 Å². The standard InChI is InChI=1S/C13H27NO/c1-5-12(8-11-6-7-11)14-9-13(4,15)10(2)3/h10-12,14-15H,5-9H2,1-4H3. The van der Waals surface area contributed by atoms with Crippen molar-refractivity contribution in [2.45, 2.75) is 65.0 Å². The van der Waals surface area contributed by atoms with Crippen molar-refractivity contribution in [1.29, 1.82) is 0 Å². The Morgan fingerprint density at radius 1 is 1.40 bits per heavy atom. The Labute approximate surface area is 94.5 Å². The third kappa shape index (κ3) is 4.52. The molecule has 1 aliphatic rings. The SMILES string of the molecule is CCC(CC1CC1)NCC(C)(O)C(C)C. The van der Waals surface area contributed by atoms with E-state index < -0.39 is 5.60 Å². The lowest BCUT2D eigenvalue weighted by Crippen LogP contribution is -2.45. The highest BCUT2D eigenvalue weighted by atomic mass is 16.3. The summed E-state index contributed by atoms with van der Waals surface area (Å²) in [5, 5.41) is 13.6. The number of aliphatic hydroxyl groups is 1. The van der Waals surface area contributed by atoms with E-state index in [9.17, 15) is 5.11 Å². The van der Waals surface area contributed by atoms with Gasteiger partial charge in [0.25, 0.3) is 0 Å². The van der Waals surface area contributed by atoms with Crippen LogP contribution in [0.15, 0.2) is 0 Å². The quantitative estimate of drug-likeness (QED) is 0.681. The third-order valence-corrected chi connectivity index (χ3v) is 3.80. The lowest BCUT2D eigenvalue weighted by molar-refractivity contribution is 0.0113. The van der Waals surface area contributed by atoms with Crippen LogP contribution in [0, 0.1) is 11.8 Å². The molecule has 0 aromatic carbocycles. The highest BCUT2D eigenvalue weighted by Crippen LogP contribution is 2.34. The maximum atomic E-state index is 10.1. The Morgan fingerprint density at radius 2 is 2.00 bits per heavy atom. The van der Waals surface area contributed by atoms with Crippen LogP contribution in [-0.4, -0.2) is 23.3 Å². The van der Waals surface area contributed by atoms with Gasteiger partial charge in [0.1, 0.15) is 0 Å². The number of nitrogens with one attached hydrogen (secondary N) is 1. The Balaban J connectivity index is 2.25. The molecule has 0 bridgehead atoms. The fourth-order valence-corrected chi connectivity index (χ4v) is 1.71. The smallest absolute Gasteiger partial charge is 0.0766 e. The average molecular weight is 213 g/mol. The highest BCUT2D eigenvalue weighted by Gasteiger charge is 2.28. The van der Waals surface area contributed by atoms with Crippen molar-refractivity contribution in [2.24, 2.45) is 11.8 Å². The monoisotopic (exact) mass is 213 g/mol. The zero-order chi connectivity index (χ0) is 11.5. The molecular weight excluding hydrogens is 186 g/mol. The Hall–Kier alpha value is -0.0800. The van der Waals surface area contributed by atoms with E-state index in [2.05, 4.69) is 26.1 Å². The molecule has 90 valence electrons. The van der Waals surface area contributed by atoms with E-state index in [1.54, 1.807) is 0 Å². The zero-order valence-corrected chi connectivity index (χ0v) is 10.7. The molecule has 1 saturated carbocycles. The molecule has 0 amide bonds. The zero-order valence-electron chi connectivity index (χ0n) is 10.7. The van der Waals surface area contributed by atoms with Crippen LogP contribution in [0.1, 0.15) is 53.4 Å². The second-order valence-corrected chi connectivity index (χ2v) is 5.68. The van der Waals surface area contributed by atoms with E-state index in [-0.39, 0.29) is 0 Å². The third-order valence-electron chi connectivity index (χ3n) is 3.80. The molecule has 0 radical (unpaired) electrons. The van der Waals surface area contributed by atoms with Crippen LogP contribution in [-0.2, 0) is 0 Å². The van der Waals surface area contributed by atoms with Gasteiger partial charge in [0.2, 0.25) is 0 Å². The normalized spacial score (nSPS) is 22.8. The lowest BCUT2D eigenvalue weighted by Gasteiger charge is -2.30. The summed E-state index contributed by atoms with van der Waals surface area (Å²) in [5.74, 6) is 1.27. The van der Waals surface area contributed by atoms with Gasteiger partial charge in [-0.05, 0) is 31.6 Å². The fourth-order valence-electron chi connectivity index (χ4n) is 1.71. The number of rotatable bonds is 7. The van der Waals surface area contributed by atoms with Crippen LogP contribution >= 0.6 is 0 Å². The topological polar surface area (TPSA) is 32.3 Å². The van der Waals surface area contributed by atoms with Crippen LogP contribution < -0.4 is 5.32 Å². The van der Waals surface area contributed by atoms with E-state index >= 15 is 0 Å². The summed E-state index contributed by atoms with van der Waals surface area (Å²) in [6.45, 7) is 9.02. The van der Waals surface area contributed by atoms with Crippen LogP contribution in [0.5, 0.6) is 0 Å². The summed E-state index contributed by atoms with van der Waals surface area (Å²) in [7, 11) is 0. The minimum Gasteiger partial charge on any atom is -0.389 e. The molecule has 2 atom stereocenters. The molecule has 0 aromatic rings. The van der Waals surface area contributed by atoms with E-state index in [1.807, 2.05) is 6.92 Å². The first kappa shape index (κ1) is 13.0. The second kappa shape index (κ2) is 5.31. The summed E-state index contributed by atoms with van der Waals surface area (Å²) < 4.78 is 0. The van der Waals surface area contributed by atoms with Gasteiger partial charge in [-0.1, -0.05) is 33.6 Å². The first-order valence-corrected chi connectivity index (χ1v) is 6.41. The number of hydrogen-bond donors (Lipinski definition) is 2. The van der Waals surface area contributed by atoms with Gasteiger partial charge in [0.15, 0.2) is 0 Å². The molecule has 0 saturated heterocycles.